The van der Waals surface area contributed by atoms with Crippen LogP contribution in [-0.4, -0.2) is 41.3 Å². The SMILES string of the molecule is C=C1CCN(S(=O)(=O)c2cc(C(=O)NCc3cccc4ncccc34)n(C)c2C)C1. The molecule has 8 heteroatoms. The first-order chi connectivity index (χ1) is 14.3. The lowest BCUT2D eigenvalue weighted by Crippen LogP contribution is -2.28. The normalized spacial score (nSPS) is 15.1. The summed E-state index contributed by atoms with van der Waals surface area (Å²) < 4.78 is 29.1. The summed E-state index contributed by atoms with van der Waals surface area (Å²) in [5.41, 5.74) is 3.55. The minimum absolute atomic E-state index is 0.166. The third kappa shape index (κ3) is 3.53. The Balaban J connectivity index is 1.58. The summed E-state index contributed by atoms with van der Waals surface area (Å²) in [6.45, 7) is 6.66. The van der Waals surface area contributed by atoms with Crippen LogP contribution >= 0.6 is 0 Å². The van der Waals surface area contributed by atoms with E-state index in [4.69, 9.17) is 0 Å². The lowest BCUT2D eigenvalue weighted by Gasteiger charge is -2.15. The van der Waals surface area contributed by atoms with Crippen LogP contribution in [0.2, 0.25) is 0 Å². The Morgan fingerprint density at radius 1 is 1.27 bits per heavy atom. The number of nitrogens with one attached hydrogen (secondary N) is 1. The van der Waals surface area contributed by atoms with Gasteiger partial charge < -0.3 is 9.88 Å². The summed E-state index contributed by atoms with van der Waals surface area (Å²) in [6, 6.07) is 11.1. The standard InChI is InChI=1S/C22H24N4O3S/c1-15-9-11-26(14-15)30(28,29)21-12-20(25(3)16(21)2)22(27)24-13-17-6-4-8-19-18(17)7-5-10-23-19/h4-8,10,12H,1,9,11,13-14H2,2-3H3,(H,24,27). The van der Waals surface area contributed by atoms with Crippen LogP contribution < -0.4 is 5.32 Å². The third-order valence-electron chi connectivity index (χ3n) is 5.63. The number of amides is 1. The van der Waals surface area contributed by atoms with E-state index in [-0.39, 0.29) is 10.8 Å². The molecule has 3 aromatic rings. The molecule has 0 spiro atoms. The molecule has 7 nitrogen and oxygen atoms in total. The maximum atomic E-state index is 13.0. The van der Waals surface area contributed by atoms with Gasteiger partial charge in [0.25, 0.3) is 5.91 Å². The second kappa shape index (κ2) is 7.70. The van der Waals surface area contributed by atoms with Crippen molar-refractivity contribution in [3.05, 3.63) is 71.7 Å². The van der Waals surface area contributed by atoms with E-state index in [0.717, 1.165) is 22.0 Å². The van der Waals surface area contributed by atoms with Gasteiger partial charge in [-0.1, -0.05) is 30.4 Å². The van der Waals surface area contributed by atoms with Crippen LogP contribution in [0.4, 0.5) is 0 Å². The van der Waals surface area contributed by atoms with Crippen molar-refractivity contribution in [2.24, 2.45) is 7.05 Å². The number of hydrogen-bond acceptors (Lipinski definition) is 4. The van der Waals surface area contributed by atoms with E-state index in [1.54, 1.807) is 24.7 Å². The van der Waals surface area contributed by atoms with Crippen molar-refractivity contribution in [1.29, 1.82) is 0 Å². The molecule has 0 bridgehead atoms. The highest BCUT2D eigenvalue weighted by molar-refractivity contribution is 7.89. The zero-order valence-electron chi connectivity index (χ0n) is 17.1. The zero-order chi connectivity index (χ0) is 21.5. The van der Waals surface area contributed by atoms with Gasteiger partial charge in [0.05, 0.1) is 5.52 Å². The quantitative estimate of drug-likeness (QED) is 0.639. The van der Waals surface area contributed by atoms with E-state index in [2.05, 4.69) is 16.9 Å². The molecule has 0 atom stereocenters. The van der Waals surface area contributed by atoms with E-state index in [0.29, 0.717) is 37.4 Å². The van der Waals surface area contributed by atoms with Crippen LogP contribution in [0.1, 0.15) is 28.2 Å². The molecule has 1 aromatic carbocycles. The number of fused-ring (bicyclic) bond motifs is 1. The monoisotopic (exact) mass is 424 g/mol. The van der Waals surface area contributed by atoms with Crippen LogP contribution in [0, 0.1) is 6.92 Å². The van der Waals surface area contributed by atoms with Gasteiger partial charge in [-0.05, 0) is 37.1 Å². The topological polar surface area (TPSA) is 84.3 Å². The largest absolute Gasteiger partial charge is 0.347 e. The Kier molecular flexibility index (Phi) is 5.21. The molecule has 1 amide bonds. The lowest BCUT2D eigenvalue weighted by atomic mass is 10.1. The number of sulfonamides is 1. The number of pyridine rings is 1. The highest BCUT2D eigenvalue weighted by Gasteiger charge is 2.32. The predicted molar refractivity (Wildman–Crippen MR) is 116 cm³/mol. The Labute approximate surface area is 176 Å². The fourth-order valence-corrected chi connectivity index (χ4v) is 5.51. The Morgan fingerprint density at radius 3 is 2.80 bits per heavy atom. The van der Waals surface area contributed by atoms with Crippen LogP contribution in [0.5, 0.6) is 0 Å². The number of benzene rings is 1. The van der Waals surface area contributed by atoms with Crippen molar-refractivity contribution >= 4 is 26.8 Å². The van der Waals surface area contributed by atoms with E-state index in [9.17, 15) is 13.2 Å². The van der Waals surface area contributed by atoms with Crippen LogP contribution in [0.25, 0.3) is 10.9 Å². The van der Waals surface area contributed by atoms with E-state index in [1.807, 2.05) is 30.3 Å². The second-order valence-corrected chi connectivity index (χ2v) is 9.45. The maximum Gasteiger partial charge on any atom is 0.268 e. The summed E-state index contributed by atoms with van der Waals surface area (Å²) >= 11 is 0. The van der Waals surface area contributed by atoms with Crippen molar-refractivity contribution in [2.75, 3.05) is 13.1 Å². The average molecular weight is 425 g/mol. The van der Waals surface area contributed by atoms with Crippen molar-refractivity contribution in [3.63, 3.8) is 0 Å². The van der Waals surface area contributed by atoms with E-state index in [1.165, 1.54) is 10.4 Å². The van der Waals surface area contributed by atoms with Crippen LogP contribution in [-0.2, 0) is 23.6 Å². The van der Waals surface area contributed by atoms with Crippen LogP contribution in [0.15, 0.2) is 59.6 Å². The molecule has 1 aliphatic heterocycles. The molecule has 1 aliphatic rings. The Hall–Kier alpha value is -2.97. The van der Waals surface area contributed by atoms with Crippen molar-refractivity contribution < 1.29 is 13.2 Å². The summed E-state index contributed by atoms with van der Waals surface area (Å²) in [6.07, 6.45) is 2.40. The third-order valence-corrected chi connectivity index (χ3v) is 7.59. The molecule has 4 rings (SSSR count). The van der Waals surface area contributed by atoms with Crippen molar-refractivity contribution in [2.45, 2.75) is 24.8 Å². The molecular weight excluding hydrogens is 400 g/mol. The summed E-state index contributed by atoms with van der Waals surface area (Å²) in [4.78, 5) is 17.4. The first-order valence-corrected chi connectivity index (χ1v) is 11.2. The highest BCUT2D eigenvalue weighted by Crippen LogP contribution is 2.27. The second-order valence-electron chi connectivity index (χ2n) is 7.55. The first-order valence-electron chi connectivity index (χ1n) is 9.73. The summed E-state index contributed by atoms with van der Waals surface area (Å²) in [5.74, 6) is -0.325. The molecule has 1 N–H and O–H groups in total. The number of aromatic nitrogens is 2. The molecule has 0 unspecified atom stereocenters. The molecule has 1 saturated heterocycles. The number of carbonyl (C=O) groups excluding carboxylic acids is 1. The number of hydrogen-bond donors (Lipinski definition) is 1. The minimum Gasteiger partial charge on any atom is -0.347 e. The van der Waals surface area contributed by atoms with Gasteiger partial charge in [0, 0.05) is 44.0 Å². The minimum atomic E-state index is -3.67. The average Bonchev–Trinajstić information content (AvgIpc) is 3.31. The predicted octanol–water partition coefficient (Wildman–Crippen LogP) is 2.76. The van der Waals surface area contributed by atoms with Gasteiger partial charge in [0.2, 0.25) is 10.0 Å². The maximum absolute atomic E-state index is 13.0. The Morgan fingerprint density at radius 2 is 2.07 bits per heavy atom. The smallest absolute Gasteiger partial charge is 0.268 e. The van der Waals surface area contributed by atoms with Gasteiger partial charge in [-0.25, -0.2) is 8.42 Å². The molecular formula is C22H24N4O3S. The number of carbonyl (C=O) groups is 1. The van der Waals surface area contributed by atoms with Gasteiger partial charge >= 0.3 is 0 Å². The Bertz CT molecular complexity index is 1260. The van der Waals surface area contributed by atoms with Gasteiger partial charge in [-0.2, -0.15) is 4.31 Å². The molecule has 0 radical (unpaired) electrons. The molecule has 0 aliphatic carbocycles. The van der Waals surface area contributed by atoms with Crippen molar-refractivity contribution in [1.82, 2.24) is 19.2 Å². The van der Waals surface area contributed by atoms with Gasteiger partial charge in [0.15, 0.2) is 0 Å². The van der Waals surface area contributed by atoms with Gasteiger partial charge in [0.1, 0.15) is 10.6 Å². The van der Waals surface area contributed by atoms with Gasteiger partial charge in [-0.3, -0.25) is 9.78 Å². The molecule has 3 heterocycles. The first kappa shape index (κ1) is 20.3. The van der Waals surface area contributed by atoms with E-state index >= 15 is 0 Å². The number of nitrogens with zero attached hydrogens (tertiary/aromatic N) is 3. The summed E-state index contributed by atoms with van der Waals surface area (Å²) in [7, 11) is -1.97. The summed E-state index contributed by atoms with van der Waals surface area (Å²) in [5, 5.41) is 3.88. The van der Waals surface area contributed by atoms with E-state index < -0.39 is 10.0 Å². The molecule has 1 fully saturated rings. The molecule has 30 heavy (non-hydrogen) atoms. The highest BCUT2D eigenvalue weighted by atomic mass is 32.2. The van der Waals surface area contributed by atoms with Crippen LogP contribution in [0.3, 0.4) is 0 Å². The number of rotatable bonds is 5. The fourth-order valence-electron chi connectivity index (χ4n) is 3.77. The van der Waals surface area contributed by atoms with Crippen molar-refractivity contribution in [3.8, 4) is 0 Å². The zero-order valence-corrected chi connectivity index (χ0v) is 17.9. The fraction of sp³-hybridized carbons (Fsp3) is 0.273. The lowest BCUT2D eigenvalue weighted by molar-refractivity contribution is 0.0942. The molecule has 2 aromatic heterocycles. The van der Waals surface area contributed by atoms with Gasteiger partial charge in [-0.15, -0.1) is 0 Å². The molecule has 0 saturated carbocycles. The molecule has 156 valence electrons.